The maximum atomic E-state index is 13.7. The van der Waals surface area contributed by atoms with Gasteiger partial charge in [0.05, 0.1) is 0 Å². The zero-order valence-electron chi connectivity index (χ0n) is 10.7. The van der Waals surface area contributed by atoms with Crippen molar-refractivity contribution >= 4 is 33.2 Å². The Labute approximate surface area is 131 Å². The molecule has 0 radical (unpaired) electrons. The normalized spacial score (nSPS) is 21.4. The summed E-state index contributed by atoms with van der Waals surface area (Å²) in [4.78, 5) is 0. The molecule has 1 aliphatic carbocycles. The van der Waals surface area contributed by atoms with Crippen LogP contribution in [-0.4, -0.2) is 6.04 Å². The van der Waals surface area contributed by atoms with Gasteiger partial charge in [0, 0.05) is 21.2 Å². The second-order valence-corrected chi connectivity index (χ2v) is 6.45. The number of rotatable bonds is 3. The highest BCUT2D eigenvalue weighted by atomic mass is 79.9. The fraction of sp³-hybridized carbons (Fsp3) is 0.250. The van der Waals surface area contributed by atoms with Gasteiger partial charge in [-0.05, 0) is 64.5 Å². The fourth-order valence-corrected chi connectivity index (χ4v) is 3.42. The van der Waals surface area contributed by atoms with Crippen molar-refractivity contribution in [1.29, 1.82) is 0 Å². The van der Waals surface area contributed by atoms with Crippen LogP contribution < -0.4 is 5.32 Å². The van der Waals surface area contributed by atoms with Crippen LogP contribution in [-0.2, 0) is 0 Å². The van der Waals surface area contributed by atoms with E-state index in [1.807, 2.05) is 30.3 Å². The van der Waals surface area contributed by atoms with E-state index in [0.717, 1.165) is 28.6 Å². The topological polar surface area (TPSA) is 12.0 Å². The van der Waals surface area contributed by atoms with E-state index < -0.39 is 0 Å². The first-order chi connectivity index (χ1) is 9.63. The molecule has 0 saturated heterocycles. The molecular formula is C16H14BrClFN. The maximum Gasteiger partial charge on any atom is 0.126 e. The van der Waals surface area contributed by atoms with Gasteiger partial charge in [0.2, 0.25) is 0 Å². The zero-order valence-corrected chi connectivity index (χ0v) is 13.1. The van der Waals surface area contributed by atoms with Gasteiger partial charge in [-0.2, -0.15) is 0 Å². The van der Waals surface area contributed by atoms with Crippen molar-refractivity contribution in [2.45, 2.75) is 24.8 Å². The molecule has 0 amide bonds. The van der Waals surface area contributed by atoms with E-state index in [-0.39, 0.29) is 5.82 Å². The molecule has 104 valence electrons. The summed E-state index contributed by atoms with van der Waals surface area (Å²) in [6.07, 6.45) is 1.91. The molecular weight excluding hydrogens is 341 g/mol. The van der Waals surface area contributed by atoms with Crippen molar-refractivity contribution in [3.05, 3.63) is 63.3 Å². The average molecular weight is 355 g/mol. The predicted molar refractivity (Wildman–Crippen MR) is 84.9 cm³/mol. The Kier molecular flexibility index (Phi) is 3.99. The molecule has 1 aliphatic rings. The molecule has 0 bridgehead atoms. The van der Waals surface area contributed by atoms with Gasteiger partial charge in [0.15, 0.2) is 0 Å². The third-order valence-corrected chi connectivity index (χ3v) is 4.67. The summed E-state index contributed by atoms with van der Waals surface area (Å²) in [6.45, 7) is 0. The Bertz CT molecular complexity index is 626. The van der Waals surface area contributed by atoms with Gasteiger partial charge in [0.1, 0.15) is 5.82 Å². The monoisotopic (exact) mass is 353 g/mol. The lowest BCUT2D eigenvalue weighted by molar-refractivity contribution is 0.363. The predicted octanol–water partition coefficient (Wildman–Crippen LogP) is 5.60. The third-order valence-electron chi connectivity index (χ3n) is 3.77. The lowest BCUT2D eigenvalue weighted by Crippen LogP contribution is -2.34. The molecule has 20 heavy (non-hydrogen) atoms. The molecule has 1 fully saturated rings. The van der Waals surface area contributed by atoms with Gasteiger partial charge in [-0.25, -0.2) is 4.39 Å². The molecule has 3 rings (SSSR count). The molecule has 1 N–H and O–H groups in total. The minimum Gasteiger partial charge on any atom is -0.381 e. The molecule has 0 aromatic heterocycles. The van der Waals surface area contributed by atoms with Gasteiger partial charge in [-0.15, -0.1) is 0 Å². The lowest BCUT2D eigenvalue weighted by Gasteiger charge is -2.37. The highest BCUT2D eigenvalue weighted by Gasteiger charge is 2.31. The Morgan fingerprint density at radius 3 is 2.60 bits per heavy atom. The number of anilines is 1. The molecule has 0 spiro atoms. The molecule has 1 nitrogen and oxygen atoms in total. The first-order valence-corrected chi connectivity index (χ1v) is 7.76. The molecule has 1 saturated carbocycles. The van der Waals surface area contributed by atoms with E-state index >= 15 is 0 Å². The largest absolute Gasteiger partial charge is 0.381 e. The van der Waals surface area contributed by atoms with Crippen LogP contribution in [0.1, 0.15) is 24.3 Å². The van der Waals surface area contributed by atoms with Crippen LogP contribution in [0.5, 0.6) is 0 Å². The molecule has 2 aromatic carbocycles. The summed E-state index contributed by atoms with van der Waals surface area (Å²) in [6, 6.07) is 13.1. The van der Waals surface area contributed by atoms with Crippen LogP contribution in [0.25, 0.3) is 0 Å². The smallest absolute Gasteiger partial charge is 0.126 e. The van der Waals surface area contributed by atoms with Crippen molar-refractivity contribution in [2.24, 2.45) is 0 Å². The van der Waals surface area contributed by atoms with Crippen LogP contribution in [0.4, 0.5) is 10.1 Å². The Hall–Kier alpha value is -1.06. The quantitative estimate of drug-likeness (QED) is 0.756. The summed E-state index contributed by atoms with van der Waals surface area (Å²) in [5.41, 5.74) is 1.87. The highest BCUT2D eigenvalue weighted by molar-refractivity contribution is 9.10. The number of nitrogens with one attached hydrogen (secondary N) is 1. The SMILES string of the molecule is Fc1ccccc1C1CC(Nc2ccc(Cl)cc2Br)C1. The van der Waals surface area contributed by atoms with Crippen LogP contribution in [0.2, 0.25) is 5.02 Å². The van der Waals surface area contributed by atoms with Crippen molar-refractivity contribution in [2.75, 3.05) is 5.32 Å². The number of hydrogen-bond acceptors (Lipinski definition) is 1. The summed E-state index contributed by atoms with van der Waals surface area (Å²) in [5.74, 6) is 0.225. The van der Waals surface area contributed by atoms with Crippen LogP contribution in [0.15, 0.2) is 46.9 Å². The van der Waals surface area contributed by atoms with Crippen molar-refractivity contribution < 1.29 is 4.39 Å². The minimum atomic E-state index is -0.0939. The van der Waals surface area contributed by atoms with Gasteiger partial charge in [0.25, 0.3) is 0 Å². The van der Waals surface area contributed by atoms with E-state index in [2.05, 4.69) is 21.2 Å². The fourth-order valence-electron chi connectivity index (χ4n) is 2.62. The van der Waals surface area contributed by atoms with E-state index in [1.54, 1.807) is 6.07 Å². The molecule has 2 aromatic rings. The van der Waals surface area contributed by atoms with Gasteiger partial charge in [-0.1, -0.05) is 29.8 Å². The van der Waals surface area contributed by atoms with Crippen molar-refractivity contribution in [1.82, 2.24) is 0 Å². The van der Waals surface area contributed by atoms with E-state index in [1.165, 1.54) is 6.07 Å². The van der Waals surface area contributed by atoms with Crippen molar-refractivity contribution in [3.63, 3.8) is 0 Å². The lowest BCUT2D eigenvalue weighted by atomic mass is 9.75. The zero-order chi connectivity index (χ0) is 14.1. The second kappa shape index (κ2) is 5.74. The molecule has 0 unspecified atom stereocenters. The highest BCUT2D eigenvalue weighted by Crippen LogP contribution is 2.40. The Morgan fingerprint density at radius 2 is 1.90 bits per heavy atom. The Balaban J connectivity index is 1.62. The number of hydrogen-bond donors (Lipinski definition) is 1. The summed E-state index contributed by atoms with van der Waals surface area (Å²) < 4.78 is 14.6. The first-order valence-electron chi connectivity index (χ1n) is 6.59. The summed E-state index contributed by atoms with van der Waals surface area (Å²) in [7, 11) is 0. The molecule has 0 atom stereocenters. The summed E-state index contributed by atoms with van der Waals surface area (Å²) >= 11 is 9.42. The number of benzene rings is 2. The van der Waals surface area contributed by atoms with Gasteiger partial charge < -0.3 is 5.32 Å². The second-order valence-electron chi connectivity index (χ2n) is 5.16. The van der Waals surface area contributed by atoms with Crippen molar-refractivity contribution in [3.8, 4) is 0 Å². The first kappa shape index (κ1) is 13.9. The molecule has 4 heteroatoms. The van der Waals surface area contributed by atoms with E-state index in [4.69, 9.17) is 11.6 Å². The average Bonchev–Trinajstić information content (AvgIpc) is 2.37. The maximum absolute atomic E-state index is 13.7. The standard InChI is InChI=1S/C16H14BrClFN/c17-14-9-11(18)5-6-16(14)20-12-7-10(8-12)13-3-1-2-4-15(13)19/h1-6,9-10,12,20H,7-8H2. The minimum absolute atomic E-state index is 0.0939. The molecule has 0 aliphatic heterocycles. The van der Waals surface area contributed by atoms with E-state index in [9.17, 15) is 4.39 Å². The summed E-state index contributed by atoms with van der Waals surface area (Å²) in [5, 5.41) is 4.17. The molecule has 0 heterocycles. The van der Waals surface area contributed by atoms with Crippen LogP contribution in [0.3, 0.4) is 0 Å². The van der Waals surface area contributed by atoms with Crippen LogP contribution in [0, 0.1) is 5.82 Å². The van der Waals surface area contributed by atoms with Gasteiger partial charge in [-0.3, -0.25) is 0 Å². The van der Waals surface area contributed by atoms with Gasteiger partial charge >= 0.3 is 0 Å². The number of halogens is 3. The third kappa shape index (κ3) is 2.84. The van der Waals surface area contributed by atoms with E-state index in [0.29, 0.717) is 17.0 Å². The Morgan fingerprint density at radius 1 is 1.15 bits per heavy atom. The van der Waals surface area contributed by atoms with Crippen LogP contribution >= 0.6 is 27.5 Å².